The van der Waals surface area contributed by atoms with E-state index < -0.39 is 17.5 Å². The van der Waals surface area contributed by atoms with Crippen LogP contribution in [0.4, 0.5) is 18.9 Å². The summed E-state index contributed by atoms with van der Waals surface area (Å²) in [4.78, 5) is 0. The molecule has 0 saturated heterocycles. The van der Waals surface area contributed by atoms with E-state index in [4.69, 9.17) is 0 Å². The molecule has 0 atom stereocenters. The van der Waals surface area contributed by atoms with E-state index in [9.17, 15) is 13.2 Å². The van der Waals surface area contributed by atoms with Crippen LogP contribution in [0, 0.1) is 17.5 Å². The van der Waals surface area contributed by atoms with Crippen LogP contribution in [0.3, 0.4) is 0 Å². The molecule has 1 aromatic heterocycles. The van der Waals surface area contributed by atoms with Crippen LogP contribution in [0.25, 0.3) is 0 Å². The summed E-state index contributed by atoms with van der Waals surface area (Å²) in [6, 6.07) is 5.04. The normalized spacial score (nSPS) is 10.6. The SMILES string of the molecule is Cn1cccc1CNc1cc(F)c(F)cc1F. The lowest BCUT2D eigenvalue weighted by Crippen LogP contribution is -2.06. The summed E-state index contributed by atoms with van der Waals surface area (Å²) in [5, 5.41) is 2.72. The second kappa shape index (κ2) is 4.53. The van der Waals surface area contributed by atoms with Crippen molar-refractivity contribution in [2.75, 3.05) is 5.32 Å². The number of hydrogen-bond acceptors (Lipinski definition) is 1. The first-order valence-electron chi connectivity index (χ1n) is 5.06. The van der Waals surface area contributed by atoms with Gasteiger partial charge in [-0.2, -0.15) is 0 Å². The van der Waals surface area contributed by atoms with E-state index in [1.807, 2.05) is 29.9 Å². The molecule has 0 spiro atoms. The van der Waals surface area contributed by atoms with E-state index >= 15 is 0 Å². The third-order valence-corrected chi connectivity index (χ3v) is 2.52. The molecule has 2 nitrogen and oxygen atoms in total. The monoisotopic (exact) mass is 240 g/mol. The fourth-order valence-corrected chi connectivity index (χ4v) is 1.52. The number of halogens is 3. The molecule has 17 heavy (non-hydrogen) atoms. The van der Waals surface area contributed by atoms with Gasteiger partial charge in [-0.3, -0.25) is 0 Å². The van der Waals surface area contributed by atoms with Crippen LogP contribution >= 0.6 is 0 Å². The van der Waals surface area contributed by atoms with Crippen molar-refractivity contribution in [1.82, 2.24) is 4.57 Å². The van der Waals surface area contributed by atoms with Crippen molar-refractivity contribution in [2.45, 2.75) is 6.54 Å². The first kappa shape index (κ1) is 11.6. The van der Waals surface area contributed by atoms with Gasteiger partial charge in [-0.15, -0.1) is 0 Å². The molecule has 1 heterocycles. The third-order valence-electron chi connectivity index (χ3n) is 2.52. The lowest BCUT2D eigenvalue weighted by atomic mass is 10.2. The lowest BCUT2D eigenvalue weighted by Gasteiger charge is -2.09. The van der Waals surface area contributed by atoms with Gasteiger partial charge in [0, 0.05) is 31.1 Å². The maximum absolute atomic E-state index is 13.3. The lowest BCUT2D eigenvalue weighted by molar-refractivity contribution is 0.496. The van der Waals surface area contributed by atoms with Crippen LogP contribution in [0.1, 0.15) is 5.69 Å². The number of anilines is 1. The van der Waals surface area contributed by atoms with Gasteiger partial charge in [-0.05, 0) is 12.1 Å². The Morgan fingerprint density at radius 1 is 1.12 bits per heavy atom. The average molecular weight is 240 g/mol. The molecule has 0 bridgehead atoms. The fourth-order valence-electron chi connectivity index (χ4n) is 1.52. The number of nitrogens with zero attached hydrogens (tertiary/aromatic N) is 1. The first-order chi connectivity index (χ1) is 8.08. The van der Waals surface area contributed by atoms with Crippen LogP contribution in [0.2, 0.25) is 0 Å². The van der Waals surface area contributed by atoms with E-state index in [1.54, 1.807) is 0 Å². The van der Waals surface area contributed by atoms with Crippen molar-refractivity contribution in [3.8, 4) is 0 Å². The summed E-state index contributed by atoms with van der Waals surface area (Å²) >= 11 is 0. The molecular weight excluding hydrogens is 229 g/mol. The molecule has 5 heteroatoms. The fraction of sp³-hybridized carbons (Fsp3) is 0.167. The Kier molecular flexibility index (Phi) is 3.08. The van der Waals surface area contributed by atoms with Crippen molar-refractivity contribution in [3.63, 3.8) is 0 Å². The minimum absolute atomic E-state index is 0.0508. The predicted octanol–water partition coefficient (Wildman–Crippen LogP) is 3.05. The largest absolute Gasteiger partial charge is 0.377 e. The Hall–Kier alpha value is -1.91. The highest BCUT2D eigenvalue weighted by Gasteiger charge is 2.09. The quantitative estimate of drug-likeness (QED) is 0.816. The van der Waals surface area contributed by atoms with E-state index in [0.29, 0.717) is 12.6 Å². The predicted molar refractivity (Wildman–Crippen MR) is 59.1 cm³/mol. The average Bonchev–Trinajstić information content (AvgIpc) is 2.68. The van der Waals surface area contributed by atoms with Crippen LogP contribution in [-0.2, 0) is 13.6 Å². The Morgan fingerprint density at radius 2 is 1.82 bits per heavy atom. The molecule has 1 aromatic carbocycles. The van der Waals surface area contributed by atoms with Gasteiger partial charge in [0.1, 0.15) is 5.82 Å². The highest BCUT2D eigenvalue weighted by molar-refractivity contribution is 5.45. The molecule has 0 aliphatic rings. The van der Waals surface area contributed by atoms with Gasteiger partial charge in [0.05, 0.1) is 12.2 Å². The second-order valence-electron chi connectivity index (χ2n) is 3.71. The Balaban J connectivity index is 2.14. The molecule has 2 aromatic rings. The summed E-state index contributed by atoms with van der Waals surface area (Å²) in [6.45, 7) is 0.339. The van der Waals surface area contributed by atoms with E-state index in [1.165, 1.54) is 0 Å². The van der Waals surface area contributed by atoms with Gasteiger partial charge in [0.15, 0.2) is 11.6 Å². The van der Waals surface area contributed by atoms with Gasteiger partial charge < -0.3 is 9.88 Å². The molecule has 0 unspecified atom stereocenters. The molecule has 90 valence electrons. The zero-order chi connectivity index (χ0) is 12.4. The summed E-state index contributed by atoms with van der Waals surface area (Å²) in [6.07, 6.45) is 1.85. The van der Waals surface area contributed by atoms with Gasteiger partial charge >= 0.3 is 0 Å². The molecule has 1 N–H and O–H groups in total. The molecular formula is C12H11F3N2. The Morgan fingerprint density at radius 3 is 2.47 bits per heavy atom. The highest BCUT2D eigenvalue weighted by Crippen LogP contribution is 2.19. The summed E-state index contributed by atoms with van der Waals surface area (Å²) in [5.74, 6) is -3.06. The third kappa shape index (κ3) is 2.43. The van der Waals surface area contributed by atoms with Gasteiger partial charge in [0.2, 0.25) is 0 Å². The summed E-state index contributed by atoms with van der Waals surface area (Å²) in [5.41, 5.74) is 0.860. The Bertz CT molecular complexity index is 535. The summed E-state index contributed by atoms with van der Waals surface area (Å²) < 4.78 is 40.7. The second-order valence-corrected chi connectivity index (χ2v) is 3.71. The van der Waals surface area contributed by atoms with Crippen LogP contribution in [0.5, 0.6) is 0 Å². The van der Waals surface area contributed by atoms with Crippen molar-refractivity contribution in [2.24, 2.45) is 7.05 Å². The van der Waals surface area contributed by atoms with E-state index in [-0.39, 0.29) is 5.69 Å². The number of hydrogen-bond donors (Lipinski definition) is 1. The minimum Gasteiger partial charge on any atom is -0.377 e. The summed E-state index contributed by atoms with van der Waals surface area (Å²) in [7, 11) is 1.85. The molecule has 0 fully saturated rings. The molecule has 0 amide bonds. The number of benzene rings is 1. The van der Waals surface area contributed by atoms with Gasteiger partial charge in [-0.25, -0.2) is 13.2 Å². The van der Waals surface area contributed by atoms with Crippen molar-refractivity contribution in [1.29, 1.82) is 0 Å². The molecule has 0 aliphatic heterocycles. The van der Waals surface area contributed by atoms with E-state index in [2.05, 4.69) is 5.32 Å². The molecule has 0 saturated carbocycles. The van der Waals surface area contributed by atoms with Crippen molar-refractivity contribution < 1.29 is 13.2 Å². The maximum atomic E-state index is 13.3. The topological polar surface area (TPSA) is 17.0 Å². The van der Waals surface area contributed by atoms with Gasteiger partial charge in [0.25, 0.3) is 0 Å². The number of aromatic nitrogens is 1. The maximum Gasteiger partial charge on any atom is 0.161 e. The molecule has 0 radical (unpaired) electrons. The molecule has 0 aliphatic carbocycles. The van der Waals surface area contributed by atoms with Crippen molar-refractivity contribution in [3.05, 3.63) is 53.6 Å². The van der Waals surface area contributed by atoms with Crippen LogP contribution < -0.4 is 5.32 Å². The van der Waals surface area contributed by atoms with Crippen molar-refractivity contribution >= 4 is 5.69 Å². The molecule has 2 rings (SSSR count). The standard InChI is InChI=1S/C12H11F3N2/c1-17-4-2-3-8(17)7-16-12-6-10(14)9(13)5-11(12)15/h2-6,16H,7H2,1H3. The Labute approximate surface area is 96.7 Å². The zero-order valence-corrected chi connectivity index (χ0v) is 9.17. The number of nitrogens with one attached hydrogen (secondary N) is 1. The van der Waals surface area contributed by atoms with Crippen LogP contribution in [-0.4, -0.2) is 4.57 Å². The number of rotatable bonds is 3. The number of aryl methyl sites for hydroxylation is 1. The highest BCUT2D eigenvalue weighted by atomic mass is 19.2. The first-order valence-corrected chi connectivity index (χ1v) is 5.06. The minimum atomic E-state index is -1.19. The van der Waals surface area contributed by atoms with E-state index in [0.717, 1.165) is 11.8 Å². The van der Waals surface area contributed by atoms with Crippen LogP contribution in [0.15, 0.2) is 30.5 Å². The van der Waals surface area contributed by atoms with Gasteiger partial charge in [-0.1, -0.05) is 0 Å². The smallest absolute Gasteiger partial charge is 0.161 e. The zero-order valence-electron chi connectivity index (χ0n) is 9.17.